The van der Waals surface area contributed by atoms with Crippen LogP contribution in [0.25, 0.3) is 11.1 Å². The lowest BCUT2D eigenvalue weighted by Gasteiger charge is -2.12. The van der Waals surface area contributed by atoms with Crippen LogP contribution >= 0.6 is 0 Å². The van der Waals surface area contributed by atoms with E-state index in [9.17, 15) is 13.2 Å². The number of hydrogen-bond donors (Lipinski definition) is 2. The van der Waals surface area contributed by atoms with Gasteiger partial charge in [0.25, 0.3) is 10.0 Å². The minimum Gasteiger partial charge on any atom is -0.478 e. The lowest BCUT2D eigenvalue weighted by molar-refractivity contribution is 0.0696. The van der Waals surface area contributed by atoms with Crippen LogP contribution in [-0.4, -0.2) is 29.5 Å². The zero-order chi connectivity index (χ0) is 18.7. The quantitative estimate of drug-likeness (QED) is 0.716. The molecule has 0 aliphatic carbocycles. The third-order valence-corrected chi connectivity index (χ3v) is 5.36. The summed E-state index contributed by atoms with van der Waals surface area (Å²) >= 11 is 0. The van der Waals surface area contributed by atoms with E-state index in [2.05, 4.69) is 14.7 Å². The molecule has 2 N–H and O–H groups in total. The Labute approximate surface area is 150 Å². The molecule has 0 radical (unpaired) electrons. The fourth-order valence-electron chi connectivity index (χ4n) is 2.53. The number of carboxylic acid groups (broad SMARTS) is 1. The second-order valence-electron chi connectivity index (χ2n) is 5.54. The highest BCUT2D eigenvalue weighted by Crippen LogP contribution is 2.24. The minimum absolute atomic E-state index is 0.0488. The van der Waals surface area contributed by atoms with Crippen LogP contribution < -0.4 is 4.72 Å². The van der Waals surface area contributed by atoms with Crippen LogP contribution in [0, 0.1) is 6.92 Å². The summed E-state index contributed by atoms with van der Waals surface area (Å²) in [5, 5.41) is 9.16. The molecule has 0 fully saturated rings. The standard InChI is InChI=1S/C18H15N3O4S/c1-12-16(18(22)23)3-2-4-17(12)26(24,25)21-15-7-5-13(6-8-15)14-9-19-11-20-10-14/h2-11,21H,1H3,(H,22,23). The highest BCUT2D eigenvalue weighted by molar-refractivity contribution is 7.92. The topological polar surface area (TPSA) is 109 Å². The van der Waals surface area contributed by atoms with Crippen molar-refractivity contribution >= 4 is 21.7 Å². The molecule has 0 spiro atoms. The Morgan fingerprint density at radius 2 is 1.65 bits per heavy atom. The fraction of sp³-hybridized carbons (Fsp3) is 0.0556. The molecule has 1 aromatic heterocycles. The predicted octanol–water partition coefficient (Wildman–Crippen LogP) is 2.95. The first-order valence-electron chi connectivity index (χ1n) is 7.59. The molecule has 2 aromatic carbocycles. The molecule has 1 heterocycles. The van der Waals surface area contributed by atoms with Crippen molar-refractivity contribution in [1.82, 2.24) is 9.97 Å². The third kappa shape index (κ3) is 3.55. The van der Waals surface area contributed by atoms with Crippen molar-refractivity contribution in [2.45, 2.75) is 11.8 Å². The zero-order valence-corrected chi connectivity index (χ0v) is 14.6. The second-order valence-corrected chi connectivity index (χ2v) is 7.19. The van der Waals surface area contributed by atoms with Gasteiger partial charge in [0.15, 0.2) is 0 Å². The predicted molar refractivity (Wildman–Crippen MR) is 96.4 cm³/mol. The van der Waals surface area contributed by atoms with Crippen LogP contribution in [0.3, 0.4) is 0 Å². The van der Waals surface area contributed by atoms with E-state index in [0.717, 1.165) is 11.1 Å². The molecule has 0 saturated heterocycles. The maximum absolute atomic E-state index is 12.6. The van der Waals surface area contributed by atoms with Crippen LogP contribution in [0.1, 0.15) is 15.9 Å². The number of hydrogen-bond acceptors (Lipinski definition) is 5. The lowest BCUT2D eigenvalue weighted by Crippen LogP contribution is -2.15. The molecule has 0 unspecified atom stereocenters. The smallest absolute Gasteiger partial charge is 0.335 e. The van der Waals surface area contributed by atoms with Gasteiger partial charge in [0.2, 0.25) is 0 Å². The van der Waals surface area contributed by atoms with Crippen LogP contribution in [0.2, 0.25) is 0 Å². The molecule has 0 aliphatic rings. The Kier molecular flexibility index (Phi) is 4.68. The Morgan fingerprint density at radius 1 is 1.00 bits per heavy atom. The summed E-state index contributed by atoms with van der Waals surface area (Å²) in [7, 11) is -3.92. The number of aromatic carboxylic acids is 1. The number of nitrogens with one attached hydrogen (secondary N) is 1. The molecule has 3 aromatic rings. The van der Waals surface area contributed by atoms with Gasteiger partial charge in [-0.05, 0) is 42.3 Å². The molecule has 0 saturated carbocycles. The molecule has 0 atom stereocenters. The molecular formula is C18H15N3O4S. The average molecular weight is 369 g/mol. The van der Waals surface area contributed by atoms with Gasteiger partial charge in [0, 0.05) is 23.6 Å². The van der Waals surface area contributed by atoms with Gasteiger partial charge >= 0.3 is 5.97 Å². The first-order chi connectivity index (χ1) is 12.4. The van der Waals surface area contributed by atoms with Crippen molar-refractivity contribution in [1.29, 1.82) is 0 Å². The van der Waals surface area contributed by atoms with Gasteiger partial charge < -0.3 is 5.11 Å². The summed E-state index contributed by atoms with van der Waals surface area (Å²) in [6.45, 7) is 1.47. The van der Waals surface area contributed by atoms with Crippen LogP contribution in [0.4, 0.5) is 5.69 Å². The van der Waals surface area contributed by atoms with E-state index in [4.69, 9.17) is 5.11 Å². The van der Waals surface area contributed by atoms with E-state index >= 15 is 0 Å². The number of sulfonamides is 1. The maximum Gasteiger partial charge on any atom is 0.335 e. The summed E-state index contributed by atoms with van der Waals surface area (Å²) in [5.41, 5.74) is 2.16. The molecule has 26 heavy (non-hydrogen) atoms. The van der Waals surface area contributed by atoms with E-state index in [1.165, 1.54) is 31.5 Å². The summed E-state index contributed by atoms with van der Waals surface area (Å²) in [5.74, 6) is -1.17. The molecule has 7 nitrogen and oxygen atoms in total. The van der Waals surface area contributed by atoms with Crippen LogP contribution in [-0.2, 0) is 10.0 Å². The summed E-state index contributed by atoms with van der Waals surface area (Å²) in [4.78, 5) is 19.0. The molecule has 0 bridgehead atoms. The largest absolute Gasteiger partial charge is 0.478 e. The number of benzene rings is 2. The van der Waals surface area contributed by atoms with Gasteiger partial charge in [-0.2, -0.15) is 0 Å². The lowest BCUT2D eigenvalue weighted by atomic mass is 10.1. The van der Waals surface area contributed by atoms with E-state index in [1.807, 2.05) is 0 Å². The summed E-state index contributed by atoms with van der Waals surface area (Å²) in [6.07, 6.45) is 4.75. The number of anilines is 1. The normalized spacial score (nSPS) is 11.1. The van der Waals surface area contributed by atoms with Crippen LogP contribution in [0.15, 0.2) is 66.1 Å². The van der Waals surface area contributed by atoms with Crippen LogP contribution in [0.5, 0.6) is 0 Å². The minimum atomic E-state index is -3.92. The summed E-state index contributed by atoms with van der Waals surface area (Å²) < 4.78 is 27.7. The first-order valence-corrected chi connectivity index (χ1v) is 9.08. The Balaban J connectivity index is 1.89. The number of rotatable bonds is 5. The van der Waals surface area contributed by atoms with Gasteiger partial charge in [-0.1, -0.05) is 18.2 Å². The van der Waals surface area contributed by atoms with E-state index in [0.29, 0.717) is 5.69 Å². The average Bonchev–Trinajstić information content (AvgIpc) is 2.62. The van der Waals surface area contributed by atoms with Crippen molar-refractivity contribution < 1.29 is 18.3 Å². The van der Waals surface area contributed by atoms with Gasteiger partial charge in [-0.25, -0.2) is 23.2 Å². The number of aromatic nitrogens is 2. The SMILES string of the molecule is Cc1c(C(=O)O)cccc1S(=O)(=O)Nc1ccc(-c2cncnc2)cc1. The molecule has 3 rings (SSSR count). The van der Waals surface area contributed by atoms with Gasteiger partial charge in [-0.3, -0.25) is 4.72 Å². The van der Waals surface area contributed by atoms with Crippen molar-refractivity contribution in [2.24, 2.45) is 0 Å². The van der Waals surface area contributed by atoms with Gasteiger partial charge in [-0.15, -0.1) is 0 Å². The fourth-order valence-corrected chi connectivity index (χ4v) is 3.85. The molecule has 0 aliphatic heterocycles. The third-order valence-electron chi connectivity index (χ3n) is 3.84. The van der Waals surface area contributed by atoms with Gasteiger partial charge in [0.05, 0.1) is 10.5 Å². The van der Waals surface area contributed by atoms with E-state index < -0.39 is 16.0 Å². The van der Waals surface area contributed by atoms with Crippen molar-refractivity contribution in [3.8, 4) is 11.1 Å². The Hall–Kier alpha value is -3.26. The maximum atomic E-state index is 12.6. The van der Waals surface area contributed by atoms with Crippen molar-refractivity contribution in [3.05, 3.63) is 72.3 Å². The highest BCUT2D eigenvalue weighted by Gasteiger charge is 2.20. The van der Waals surface area contributed by atoms with Gasteiger partial charge in [0.1, 0.15) is 6.33 Å². The second kappa shape index (κ2) is 6.93. The molecular weight excluding hydrogens is 354 g/mol. The number of carboxylic acids is 1. The molecule has 8 heteroatoms. The van der Waals surface area contributed by atoms with E-state index in [-0.39, 0.29) is 16.0 Å². The monoisotopic (exact) mass is 369 g/mol. The first kappa shape index (κ1) is 17.6. The van der Waals surface area contributed by atoms with Crippen molar-refractivity contribution in [3.63, 3.8) is 0 Å². The van der Waals surface area contributed by atoms with Crippen molar-refractivity contribution in [2.75, 3.05) is 4.72 Å². The number of carbonyl (C=O) groups is 1. The zero-order valence-electron chi connectivity index (χ0n) is 13.7. The molecule has 0 amide bonds. The van der Waals surface area contributed by atoms with E-state index in [1.54, 1.807) is 36.7 Å². The Morgan fingerprint density at radius 3 is 2.27 bits per heavy atom. The molecule has 132 valence electrons. The highest BCUT2D eigenvalue weighted by atomic mass is 32.2. The summed E-state index contributed by atoms with van der Waals surface area (Å²) in [6, 6.07) is 10.9. The Bertz CT molecular complexity index is 1050. The number of nitrogens with zero attached hydrogens (tertiary/aromatic N) is 2.